The lowest BCUT2D eigenvalue weighted by atomic mass is 10.1. The standard InChI is InChI=1S/C18H25N3O5/c1-18(2,11-22)19-16(23)17(24)21-7-5-20(6-8-21)10-13-3-4-14-15(9-13)26-12-25-14/h3-4,9,22H,5-8,10-12H2,1-2H3,(H,19,23). The van der Waals surface area contributed by atoms with Crippen LogP contribution >= 0.6 is 0 Å². The van der Waals surface area contributed by atoms with Crippen molar-refractivity contribution in [1.29, 1.82) is 0 Å². The van der Waals surface area contributed by atoms with Gasteiger partial charge in [0.2, 0.25) is 6.79 Å². The van der Waals surface area contributed by atoms with Crippen LogP contribution in [0.25, 0.3) is 0 Å². The highest BCUT2D eigenvalue weighted by Gasteiger charge is 2.29. The Kier molecular flexibility index (Phi) is 5.33. The van der Waals surface area contributed by atoms with Crippen LogP contribution in [-0.4, -0.2) is 71.8 Å². The molecule has 2 aliphatic rings. The number of piperazine rings is 1. The number of nitrogens with one attached hydrogen (secondary N) is 1. The molecule has 142 valence electrons. The Morgan fingerprint density at radius 3 is 2.54 bits per heavy atom. The zero-order valence-corrected chi connectivity index (χ0v) is 15.2. The third kappa shape index (κ3) is 4.25. The van der Waals surface area contributed by atoms with Crippen LogP contribution < -0.4 is 14.8 Å². The number of amides is 2. The van der Waals surface area contributed by atoms with Crippen molar-refractivity contribution in [2.75, 3.05) is 39.6 Å². The lowest BCUT2D eigenvalue weighted by molar-refractivity contribution is -0.148. The fourth-order valence-electron chi connectivity index (χ4n) is 2.95. The number of hydrogen-bond acceptors (Lipinski definition) is 6. The van der Waals surface area contributed by atoms with Crippen LogP contribution in [0.4, 0.5) is 0 Å². The zero-order valence-electron chi connectivity index (χ0n) is 15.2. The molecule has 0 bridgehead atoms. The van der Waals surface area contributed by atoms with Crippen molar-refractivity contribution < 1.29 is 24.2 Å². The first-order valence-electron chi connectivity index (χ1n) is 8.71. The predicted octanol–water partition coefficient (Wildman–Crippen LogP) is -0.0534. The Hall–Kier alpha value is -2.32. The number of benzene rings is 1. The van der Waals surface area contributed by atoms with Gasteiger partial charge in [-0.25, -0.2) is 0 Å². The Morgan fingerprint density at radius 1 is 1.15 bits per heavy atom. The molecule has 1 aromatic rings. The molecule has 2 N–H and O–H groups in total. The van der Waals surface area contributed by atoms with Gasteiger partial charge in [-0.2, -0.15) is 0 Å². The third-order valence-corrected chi connectivity index (χ3v) is 4.54. The minimum Gasteiger partial charge on any atom is -0.454 e. The van der Waals surface area contributed by atoms with Crippen molar-refractivity contribution in [2.45, 2.75) is 25.9 Å². The topological polar surface area (TPSA) is 91.3 Å². The lowest BCUT2D eigenvalue weighted by Gasteiger charge is -2.35. The molecule has 26 heavy (non-hydrogen) atoms. The largest absolute Gasteiger partial charge is 0.454 e. The average molecular weight is 363 g/mol. The van der Waals surface area contributed by atoms with E-state index in [1.807, 2.05) is 18.2 Å². The molecule has 0 aromatic heterocycles. The summed E-state index contributed by atoms with van der Waals surface area (Å²) in [6, 6.07) is 5.89. The van der Waals surface area contributed by atoms with E-state index < -0.39 is 17.4 Å². The van der Waals surface area contributed by atoms with Gasteiger partial charge in [-0.15, -0.1) is 0 Å². The van der Waals surface area contributed by atoms with E-state index in [1.54, 1.807) is 18.7 Å². The summed E-state index contributed by atoms with van der Waals surface area (Å²) in [7, 11) is 0. The normalized spacial score (nSPS) is 17.3. The number of ether oxygens (including phenoxy) is 2. The van der Waals surface area contributed by atoms with E-state index >= 15 is 0 Å². The molecule has 8 nitrogen and oxygen atoms in total. The van der Waals surface area contributed by atoms with E-state index in [0.717, 1.165) is 23.6 Å². The minimum atomic E-state index is -0.812. The molecular formula is C18H25N3O5. The van der Waals surface area contributed by atoms with Gasteiger partial charge in [0.25, 0.3) is 0 Å². The van der Waals surface area contributed by atoms with Gasteiger partial charge in [-0.05, 0) is 31.5 Å². The minimum absolute atomic E-state index is 0.227. The van der Waals surface area contributed by atoms with Crippen LogP contribution in [0, 0.1) is 0 Å². The van der Waals surface area contributed by atoms with Crippen molar-refractivity contribution in [2.24, 2.45) is 0 Å². The van der Waals surface area contributed by atoms with E-state index in [2.05, 4.69) is 10.2 Å². The van der Waals surface area contributed by atoms with Crippen molar-refractivity contribution in [3.8, 4) is 11.5 Å². The van der Waals surface area contributed by atoms with E-state index in [1.165, 1.54) is 0 Å². The molecule has 0 radical (unpaired) electrons. The Morgan fingerprint density at radius 2 is 1.85 bits per heavy atom. The number of carbonyl (C=O) groups excluding carboxylic acids is 2. The highest BCUT2D eigenvalue weighted by Crippen LogP contribution is 2.32. The second-order valence-corrected chi connectivity index (χ2v) is 7.25. The van der Waals surface area contributed by atoms with Crippen molar-refractivity contribution in [3.05, 3.63) is 23.8 Å². The molecule has 1 saturated heterocycles. The molecule has 2 amide bonds. The molecule has 0 aliphatic carbocycles. The SMILES string of the molecule is CC(C)(CO)NC(=O)C(=O)N1CCN(Cc2ccc3c(c2)OCO3)CC1. The second-order valence-electron chi connectivity index (χ2n) is 7.25. The zero-order chi connectivity index (χ0) is 18.7. The quantitative estimate of drug-likeness (QED) is 0.729. The van der Waals surface area contributed by atoms with Crippen LogP contribution in [0.5, 0.6) is 11.5 Å². The van der Waals surface area contributed by atoms with Gasteiger partial charge in [-0.3, -0.25) is 14.5 Å². The maximum absolute atomic E-state index is 12.3. The van der Waals surface area contributed by atoms with Gasteiger partial charge >= 0.3 is 11.8 Å². The smallest absolute Gasteiger partial charge is 0.311 e. The fraction of sp³-hybridized carbons (Fsp3) is 0.556. The van der Waals surface area contributed by atoms with Gasteiger partial charge in [0.15, 0.2) is 11.5 Å². The van der Waals surface area contributed by atoms with Crippen molar-refractivity contribution >= 4 is 11.8 Å². The first kappa shape index (κ1) is 18.5. The summed E-state index contributed by atoms with van der Waals surface area (Å²) >= 11 is 0. The number of rotatable bonds is 4. The maximum Gasteiger partial charge on any atom is 0.311 e. The van der Waals surface area contributed by atoms with Crippen molar-refractivity contribution in [3.63, 3.8) is 0 Å². The Balaban J connectivity index is 1.49. The Labute approximate surface area is 152 Å². The summed E-state index contributed by atoms with van der Waals surface area (Å²) in [5, 5.41) is 11.8. The number of nitrogens with zero attached hydrogens (tertiary/aromatic N) is 2. The number of aliphatic hydroxyl groups is 1. The molecule has 8 heteroatoms. The fourth-order valence-corrected chi connectivity index (χ4v) is 2.95. The van der Waals surface area contributed by atoms with Crippen LogP contribution in [-0.2, 0) is 16.1 Å². The van der Waals surface area contributed by atoms with E-state index in [4.69, 9.17) is 9.47 Å². The molecule has 0 atom stereocenters. The average Bonchev–Trinajstić information content (AvgIpc) is 3.09. The van der Waals surface area contributed by atoms with Gasteiger partial charge in [0, 0.05) is 32.7 Å². The van der Waals surface area contributed by atoms with E-state index in [9.17, 15) is 14.7 Å². The third-order valence-electron chi connectivity index (χ3n) is 4.54. The molecule has 1 aromatic carbocycles. The molecular weight excluding hydrogens is 338 g/mol. The molecule has 0 saturated carbocycles. The van der Waals surface area contributed by atoms with Gasteiger partial charge in [0.1, 0.15) is 0 Å². The number of aliphatic hydroxyl groups excluding tert-OH is 1. The molecule has 0 spiro atoms. The van der Waals surface area contributed by atoms with Gasteiger partial charge in [0.05, 0.1) is 12.1 Å². The lowest BCUT2D eigenvalue weighted by Crippen LogP contribution is -2.56. The maximum atomic E-state index is 12.3. The van der Waals surface area contributed by atoms with E-state index in [0.29, 0.717) is 26.2 Å². The predicted molar refractivity (Wildman–Crippen MR) is 93.7 cm³/mol. The first-order valence-corrected chi connectivity index (χ1v) is 8.71. The molecule has 2 aliphatic heterocycles. The van der Waals surface area contributed by atoms with Crippen LogP contribution in [0.15, 0.2) is 18.2 Å². The summed E-state index contributed by atoms with van der Waals surface area (Å²) in [4.78, 5) is 28.1. The summed E-state index contributed by atoms with van der Waals surface area (Å²) in [6.07, 6.45) is 0. The monoisotopic (exact) mass is 363 g/mol. The van der Waals surface area contributed by atoms with Gasteiger partial charge < -0.3 is 24.8 Å². The van der Waals surface area contributed by atoms with Crippen molar-refractivity contribution in [1.82, 2.24) is 15.1 Å². The molecule has 2 heterocycles. The Bertz CT molecular complexity index is 683. The summed E-state index contributed by atoms with van der Waals surface area (Å²) in [6.45, 7) is 6.50. The number of carbonyl (C=O) groups is 2. The summed E-state index contributed by atoms with van der Waals surface area (Å²) < 4.78 is 10.7. The van der Waals surface area contributed by atoms with Crippen LogP contribution in [0.1, 0.15) is 19.4 Å². The molecule has 0 unspecified atom stereocenters. The van der Waals surface area contributed by atoms with Crippen LogP contribution in [0.2, 0.25) is 0 Å². The highest BCUT2D eigenvalue weighted by molar-refractivity contribution is 6.35. The van der Waals surface area contributed by atoms with E-state index in [-0.39, 0.29) is 13.4 Å². The van der Waals surface area contributed by atoms with Crippen LogP contribution in [0.3, 0.4) is 0 Å². The first-order chi connectivity index (χ1) is 12.4. The van der Waals surface area contributed by atoms with Gasteiger partial charge in [-0.1, -0.05) is 6.07 Å². The summed E-state index contributed by atoms with van der Waals surface area (Å²) in [5.74, 6) is 0.308. The number of fused-ring (bicyclic) bond motifs is 1. The highest BCUT2D eigenvalue weighted by atomic mass is 16.7. The molecule has 1 fully saturated rings. The number of hydrogen-bond donors (Lipinski definition) is 2. The second kappa shape index (κ2) is 7.51. The summed E-state index contributed by atoms with van der Waals surface area (Å²) in [5.41, 5.74) is 0.310. The molecule has 3 rings (SSSR count).